The second-order valence-corrected chi connectivity index (χ2v) is 6.70. The van der Waals surface area contributed by atoms with Gasteiger partial charge in [-0.05, 0) is 43.7 Å². The molecule has 3 rings (SSSR count). The lowest BCUT2D eigenvalue weighted by molar-refractivity contribution is 0.316. The lowest BCUT2D eigenvalue weighted by Crippen LogP contribution is -2.41. The average molecular weight is 272 g/mol. The molecule has 1 saturated heterocycles. The van der Waals surface area contributed by atoms with Crippen molar-refractivity contribution in [2.24, 2.45) is 5.92 Å². The molecule has 0 spiro atoms. The van der Waals surface area contributed by atoms with Crippen molar-refractivity contribution >= 4 is 0 Å². The molecule has 0 amide bonds. The summed E-state index contributed by atoms with van der Waals surface area (Å²) in [6, 6.07) is 12.4. The fourth-order valence-electron chi connectivity index (χ4n) is 3.80. The second-order valence-electron chi connectivity index (χ2n) is 6.70. The predicted octanol–water partition coefficient (Wildman–Crippen LogP) is 3.08. The number of likely N-dealkylation sites (tertiary alicyclic amines) is 1. The highest BCUT2D eigenvalue weighted by atomic mass is 15.2. The van der Waals surface area contributed by atoms with Gasteiger partial charge in [0.05, 0.1) is 0 Å². The molecule has 1 aromatic carbocycles. The van der Waals surface area contributed by atoms with E-state index in [1.165, 1.54) is 57.3 Å². The van der Waals surface area contributed by atoms with Crippen LogP contribution in [-0.4, -0.2) is 36.6 Å². The van der Waals surface area contributed by atoms with Crippen molar-refractivity contribution in [3.05, 3.63) is 35.9 Å². The Morgan fingerprint density at radius 2 is 2.00 bits per heavy atom. The summed E-state index contributed by atoms with van der Waals surface area (Å²) in [5.41, 5.74) is 1.47. The minimum absolute atomic E-state index is 0.733. The number of hydrogen-bond donors (Lipinski definition) is 1. The fraction of sp³-hybridized carbons (Fsp3) is 0.667. The molecule has 2 nitrogen and oxygen atoms in total. The Balaban J connectivity index is 1.41. The Bertz CT molecular complexity index is 403. The molecule has 1 aliphatic heterocycles. The van der Waals surface area contributed by atoms with E-state index in [0.717, 1.165) is 18.0 Å². The first-order valence-corrected chi connectivity index (χ1v) is 8.33. The van der Waals surface area contributed by atoms with Gasteiger partial charge in [0.2, 0.25) is 0 Å². The largest absolute Gasteiger partial charge is 0.310 e. The molecule has 1 saturated carbocycles. The number of rotatable bonds is 5. The van der Waals surface area contributed by atoms with Crippen LogP contribution < -0.4 is 5.32 Å². The summed E-state index contributed by atoms with van der Waals surface area (Å²) in [5, 5.41) is 3.91. The highest BCUT2D eigenvalue weighted by Gasteiger charge is 2.28. The van der Waals surface area contributed by atoms with E-state index in [-0.39, 0.29) is 0 Å². The van der Waals surface area contributed by atoms with Crippen LogP contribution in [0.1, 0.15) is 38.2 Å². The third kappa shape index (κ3) is 3.62. The Labute approximate surface area is 123 Å². The Morgan fingerprint density at radius 3 is 2.75 bits per heavy atom. The molecule has 1 N–H and O–H groups in total. The van der Waals surface area contributed by atoms with Crippen LogP contribution in [0.2, 0.25) is 0 Å². The summed E-state index contributed by atoms with van der Waals surface area (Å²) in [7, 11) is 0. The number of benzene rings is 1. The van der Waals surface area contributed by atoms with Crippen molar-refractivity contribution < 1.29 is 0 Å². The van der Waals surface area contributed by atoms with Gasteiger partial charge in [-0.25, -0.2) is 0 Å². The molecule has 3 unspecified atom stereocenters. The standard InChI is InChI=1S/C18H28N2/c1-15-6-5-9-18(15)19-17-11-13-20(14-17)12-10-16-7-3-2-4-8-16/h2-4,7-8,15,17-19H,5-6,9-14H2,1H3. The number of hydrogen-bond acceptors (Lipinski definition) is 2. The molecule has 1 aromatic rings. The minimum Gasteiger partial charge on any atom is -0.310 e. The van der Waals surface area contributed by atoms with Crippen LogP contribution in [0.25, 0.3) is 0 Å². The van der Waals surface area contributed by atoms with Crippen molar-refractivity contribution in [1.29, 1.82) is 0 Å². The Hall–Kier alpha value is -0.860. The summed E-state index contributed by atoms with van der Waals surface area (Å²) in [6.45, 7) is 6.14. The van der Waals surface area contributed by atoms with Crippen LogP contribution in [0.4, 0.5) is 0 Å². The summed E-state index contributed by atoms with van der Waals surface area (Å²) >= 11 is 0. The first-order chi connectivity index (χ1) is 9.81. The zero-order chi connectivity index (χ0) is 13.8. The van der Waals surface area contributed by atoms with Crippen LogP contribution in [0.15, 0.2) is 30.3 Å². The predicted molar refractivity (Wildman–Crippen MR) is 84.9 cm³/mol. The second kappa shape index (κ2) is 6.73. The molecule has 1 aliphatic carbocycles. The maximum Gasteiger partial charge on any atom is 0.0209 e. The molecule has 1 heterocycles. The lowest BCUT2D eigenvalue weighted by atomic mass is 10.1. The Morgan fingerprint density at radius 1 is 1.15 bits per heavy atom. The van der Waals surface area contributed by atoms with Crippen LogP contribution >= 0.6 is 0 Å². The molecular weight excluding hydrogens is 244 g/mol. The molecular formula is C18H28N2. The van der Waals surface area contributed by atoms with Crippen LogP contribution in [0, 0.1) is 5.92 Å². The van der Waals surface area contributed by atoms with E-state index in [4.69, 9.17) is 0 Å². The highest BCUT2D eigenvalue weighted by Crippen LogP contribution is 2.26. The molecule has 0 radical (unpaired) electrons. The van der Waals surface area contributed by atoms with E-state index in [0.29, 0.717) is 0 Å². The molecule has 2 heteroatoms. The molecule has 20 heavy (non-hydrogen) atoms. The van der Waals surface area contributed by atoms with Crippen molar-refractivity contribution in [1.82, 2.24) is 10.2 Å². The van der Waals surface area contributed by atoms with Crippen LogP contribution in [0.5, 0.6) is 0 Å². The molecule has 0 aromatic heterocycles. The lowest BCUT2D eigenvalue weighted by Gasteiger charge is -2.23. The number of nitrogens with one attached hydrogen (secondary N) is 1. The zero-order valence-corrected chi connectivity index (χ0v) is 12.7. The summed E-state index contributed by atoms with van der Waals surface area (Å²) < 4.78 is 0. The number of nitrogens with zero attached hydrogens (tertiary/aromatic N) is 1. The van der Waals surface area contributed by atoms with Crippen molar-refractivity contribution in [2.75, 3.05) is 19.6 Å². The van der Waals surface area contributed by atoms with E-state index in [1.807, 2.05) is 0 Å². The van der Waals surface area contributed by atoms with Gasteiger partial charge in [0.15, 0.2) is 0 Å². The zero-order valence-electron chi connectivity index (χ0n) is 12.7. The SMILES string of the molecule is CC1CCCC1NC1CCN(CCc2ccccc2)C1. The van der Waals surface area contributed by atoms with E-state index >= 15 is 0 Å². The third-order valence-corrected chi connectivity index (χ3v) is 5.14. The van der Waals surface area contributed by atoms with Gasteiger partial charge in [-0.1, -0.05) is 43.7 Å². The fourth-order valence-corrected chi connectivity index (χ4v) is 3.80. The molecule has 3 atom stereocenters. The van der Waals surface area contributed by atoms with Gasteiger partial charge >= 0.3 is 0 Å². The topological polar surface area (TPSA) is 15.3 Å². The molecule has 110 valence electrons. The normalized spacial score (nSPS) is 30.9. The third-order valence-electron chi connectivity index (χ3n) is 5.14. The smallest absolute Gasteiger partial charge is 0.0209 e. The van der Waals surface area contributed by atoms with E-state index in [1.54, 1.807) is 0 Å². The van der Waals surface area contributed by atoms with Gasteiger partial charge in [0.25, 0.3) is 0 Å². The van der Waals surface area contributed by atoms with Crippen molar-refractivity contribution in [3.8, 4) is 0 Å². The molecule has 0 bridgehead atoms. The maximum absolute atomic E-state index is 3.91. The van der Waals surface area contributed by atoms with Crippen molar-refractivity contribution in [2.45, 2.75) is 51.1 Å². The van der Waals surface area contributed by atoms with Gasteiger partial charge in [-0.3, -0.25) is 0 Å². The minimum atomic E-state index is 0.733. The van der Waals surface area contributed by atoms with E-state index < -0.39 is 0 Å². The van der Waals surface area contributed by atoms with Crippen LogP contribution in [-0.2, 0) is 6.42 Å². The van der Waals surface area contributed by atoms with Crippen molar-refractivity contribution in [3.63, 3.8) is 0 Å². The molecule has 2 fully saturated rings. The monoisotopic (exact) mass is 272 g/mol. The van der Waals surface area contributed by atoms with Gasteiger partial charge in [-0.2, -0.15) is 0 Å². The highest BCUT2D eigenvalue weighted by molar-refractivity contribution is 5.14. The first-order valence-electron chi connectivity index (χ1n) is 8.33. The maximum atomic E-state index is 3.91. The van der Waals surface area contributed by atoms with Crippen LogP contribution in [0.3, 0.4) is 0 Å². The summed E-state index contributed by atoms with van der Waals surface area (Å²) in [4.78, 5) is 2.63. The van der Waals surface area contributed by atoms with E-state index in [2.05, 4.69) is 47.5 Å². The van der Waals surface area contributed by atoms with Gasteiger partial charge in [0, 0.05) is 25.2 Å². The van der Waals surface area contributed by atoms with Gasteiger partial charge in [0.1, 0.15) is 0 Å². The quantitative estimate of drug-likeness (QED) is 0.886. The van der Waals surface area contributed by atoms with Gasteiger partial charge in [-0.15, -0.1) is 0 Å². The summed E-state index contributed by atoms with van der Waals surface area (Å²) in [5.74, 6) is 0.883. The summed E-state index contributed by atoms with van der Waals surface area (Å²) in [6.07, 6.45) is 6.75. The van der Waals surface area contributed by atoms with Gasteiger partial charge < -0.3 is 10.2 Å². The van der Waals surface area contributed by atoms with E-state index in [9.17, 15) is 0 Å². The first kappa shape index (κ1) is 14.1. The Kier molecular flexibility index (Phi) is 4.74. The average Bonchev–Trinajstić information content (AvgIpc) is 3.08. The molecule has 2 aliphatic rings.